The molecule has 2 rings (SSSR count). The summed E-state index contributed by atoms with van der Waals surface area (Å²) in [5.74, 6) is 0. The number of thiophene rings is 1. The molecule has 2 unspecified atom stereocenters. The van der Waals surface area contributed by atoms with Crippen molar-refractivity contribution in [3.05, 3.63) is 22.4 Å². The van der Waals surface area contributed by atoms with E-state index in [1.807, 2.05) is 11.3 Å². The lowest BCUT2D eigenvalue weighted by Gasteiger charge is -2.24. The molecule has 2 nitrogen and oxygen atoms in total. The third-order valence-corrected chi connectivity index (χ3v) is 5.25. The maximum absolute atomic E-state index is 3.95. The summed E-state index contributed by atoms with van der Waals surface area (Å²) in [6.07, 6.45) is 7.80. The molecule has 1 aliphatic heterocycles. The van der Waals surface area contributed by atoms with Gasteiger partial charge in [0, 0.05) is 17.0 Å². The maximum atomic E-state index is 3.95. The number of likely N-dealkylation sites (tertiary alicyclic amines) is 1. The van der Waals surface area contributed by atoms with Crippen LogP contribution in [0.15, 0.2) is 17.5 Å². The number of hydrogen-bond acceptors (Lipinski definition) is 3. The van der Waals surface area contributed by atoms with E-state index >= 15 is 0 Å². The molecular formula is C17H30N2S. The molecule has 0 radical (unpaired) electrons. The largest absolute Gasteiger partial charge is 0.306 e. The summed E-state index contributed by atoms with van der Waals surface area (Å²) in [4.78, 5) is 4.16. The van der Waals surface area contributed by atoms with E-state index in [2.05, 4.69) is 41.6 Å². The van der Waals surface area contributed by atoms with E-state index in [4.69, 9.17) is 0 Å². The van der Waals surface area contributed by atoms with E-state index in [1.165, 1.54) is 63.0 Å². The average Bonchev–Trinajstić information content (AvgIpc) is 2.89. The lowest BCUT2D eigenvalue weighted by molar-refractivity contribution is 0.280. The predicted octanol–water partition coefficient (Wildman–Crippen LogP) is 4.44. The molecule has 0 aromatic carbocycles. The van der Waals surface area contributed by atoms with Crippen molar-refractivity contribution in [2.45, 2.75) is 64.5 Å². The van der Waals surface area contributed by atoms with Crippen LogP contribution in [0.5, 0.6) is 0 Å². The normalized spacial score (nSPS) is 22.6. The van der Waals surface area contributed by atoms with Crippen LogP contribution in [0.3, 0.4) is 0 Å². The minimum Gasteiger partial charge on any atom is -0.306 e. The van der Waals surface area contributed by atoms with Crippen LogP contribution in [-0.2, 0) is 0 Å². The third kappa shape index (κ3) is 4.87. The summed E-state index contributed by atoms with van der Waals surface area (Å²) in [5, 5.41) is 6.15. The molecular weight excluding hydrogens is 264 g/mol. The SMILES string of the molecule is CCCC(NC1CCCN(CCC)CC1)c1cccs1. The van der Waals surface area contributed by atoms with Gasteiger partial charge in [0.05, 0.1) is 0 Å². The first-order chi connectivity index (χ1) is 9.83. The Morgan fingerprint density at radius 3 is 2.90 bits per heavy atom. The molecule has 0 saturated carbocycles. The first-order valence-electron chi connectivity index (χ1n) is 8.35. The summed E-state index contributed by atoms with van der Waals surface area (Å²) in [6.45, 7) is 8.42. The van der Waals surface area contributed by atoms with Crippen LogP contribution in [0.25, 0.3) is 0 Å². The molecule has 20 heavy (non-hydrogen) atoms. The number of rotatable bonds is 7. The van der Waals surface area contributed by atoms with Gasteiger partial charge in [-0.25, -0.2) is 0 Å². The zero-order chi connectivity index (χ0) is 14.2. The molecule has 0 spiro atoms. The lowest BCUT2D eigenvalue weighted by atomic mass is 10.0. The molecule has 0 amide bonds. The average molecular weight is 295 g/mol. The van der Waals surface area contributed by atoms with Crippen LogP contribution in [0.4, 0.5) is 0 Å². The van der Waals surface area contributed by atoms with Crippen molar-refractivity contribution in [1.29, 1.82) is 0 Å². The van der Waals surface area contributed by atoms with Crippen LogP contribution >= 0.6 is 11.3 Å². The van der Waals surface area contributed by atoms with Gasteiger partial charge in [0.15, 0.2) is 0 Å². The smallest absolute Gasteiger partial charge is 0.0416 e. The molecule has 0 bridgehead atoms. The van der Waals surface area contributed by atoms with E-state index in [9.17, 15) is 0 Å². The van der Waals surface area contributed by atoms with Gasteiger partial charge in [-0.05, 0) is 63.2 Å². The second kappa shape index (κ2) is 8.81. The molecule has 1 aliphatic rings. The van der Waals surface area contributed by atoms with E-state index in [0.29, 0.717) is 12.1 Å². The summed E-state index contributed by atoms with van der Waals surface area (Å²) < 4.78 is 0. The fourth-order valence-corrected chi connectivity index (χ4v) is 4.05. The van der Waals surface area contributed by atoms with Crippen molar-refractivity contribution in [3.8, 4) is 0 Å². The monoisotopic (exact) mass is 294 g/mol. The van der Waals surface area contributed by atoms with Gasteiger partial charge in [-0.3, -0.25) is 0 Å². The second-order valence-corrected chi connectivity index (χ2v) is 6.97. The van der Waals surface area contributed by atoms with Crippen LogP contribution in [0.1, 0.15) is 63.3 Å². The molecule has 1 N–H and O–H groups in total. The quantitative estimate of drug-likeness (QED) is 0.799. The fraction of sp³-hybridized carbons (Fsp3) is 0.765. The molecule has 3 heteroatoms. The molecule has 0 aliphatic carbocycles. The highest BCUT2D eigenvalue weighted by atomic mass is 32.1. The van der Waals surface area contributed by atoms with Crippen LogP contribution in [-0.4, -0.2) is 30.6 Å². The van der Waals surface area contributed by atoms with Crippen LogP contribution in [0.2, 0.25) is 0 Å². The van der Waals surface area contributed by atoms with Crippen molar-refractivity contribution < 1.29 is 0 Å². The van der Waals surface area contributed by atoms with E-state index in [1.54, 1.807) is 0 Å². The summed E-state index contributed by atoms with van der Waals surface area (Å²) >= 11 is 1.90. The Hall–Kier alpha value is -0.380. The third-order valence-electron chi connectivity index (χ3n) is 4.26. The van der Waals surface area contributed by atoms with Gasteiger partial charge >= 0.3 is 0 Å². The highest BCUT2D eigenvalue weighted by Gasteiger charge is 2.20. The van der Waals surface area contributed by atoms with Crippen molar-refractivity contribution in [3.63, 3.8) is 0 Å². The Balaban J connectivity index is 1.87. The van der Waals surface area contributed by atoms with Gasteiger partial charge in [-0.2, -0.15) is 0 Å². The van der Waals surface area contributed by atoms with Gasteiger partial charge in [0.2, 0.25) is 0 Å². The Kier molecular flexibility index (Phi) is 7.05. The molecule has 2 heterocycles. The lowest BCUT2D eigenvalue weighted by Crippen LogP contribution is -2.34. The van der Waals surface area contributed by atoms with Crippen molar-refractivity contribution in [2.24, 2.45) is 0 Å². The highest BCUT2D eigenvalue weighted by Crippen LogP contribution is 2.25. The topological polar surface area (TPSA) is 15.3 Å². The van der Waals surface area contributed by atoms with Crippen molar-refractivity contribution >= 4 is 11.3 Å². The summed E-state index contributed by atoms with van der Waals surface area (Å²) in [6, 6.07) is 5.75. The molecule has 1 saturated heterocycles. The van der Waals surface area contributed by atoms with E-state index in [-0.39, 0.29) is 0 Å². The Morgan fingerprint density at radius 1 is 1.30 bits per heavy atom. The van der Waals surface area contributed by atoms with E-state index in [0.717, 1.165) is 0 Å². The van der Waals surface area contributed by atoms with Crippen molar-refractivity contribution in [2.75, 3.05) is 19.6 Å². The van der Waals surface area contributed by atoms with Gasteiger partial charge in [-0.1, -0.05) is 26.3 Å². The Bertz CT molecular complexity index is 350. The number of nitrogens with one attached hydrogen (secondary N) is 1. The molecule has 114 valence electrons. The van der Waals surface area contributed by atoms with Gasteiger partial charge in [-0.15, -0.1) is 11.3 Å². The maximum Gasteiger partial charge on any atom is 0.0416 e. The minimum atomic E-state index is 0.572. The fourth-order valence-electron chi connectivity index (χ4n) is 3.23. The van der Waals surface area contributed by atoms with Gasteiger partial charge < -0.3 is 10.2 Å². The molecule has 2 atom stereocenters. The first-order valence-corrected chi connectivity index (χ1v) is 9.23. The molecule has 1 aromatic heterocycles. The number of nitrogens with zero attached hydrogens (tertiary/aromatic N) is 1. The molecule has 1 fully saturated rings. The zero-order valence-electron chi connectivity index (χ0n) is 13.1. The van der Waals surface area contributed by atoms with E-state index < -0.39 is 0 Å². The van der Waals surface area contributed by atoms with Crippen LogP contribution < -0.4 is 5.32 Å². The van der Waals surface area contributed by atoms with Crippen molar-refractivity contribution in [1.82, 2.24) is 10.2 Å². The van der Waals surface area contributed by atoms with Gasteiger partial charge in [0.1, 0.15) is 0 Å². The standard InChI is InChI=1S/C17H30N2S/c1-3-7-16(17-9-6-14-20-17)18-15-8-5-12-19(11-4-2)13-10-15/h6,9,14-16,18H,3-5,7-8,10-13H2,1-2H3. The number of hydrogen-bond donors (Lipinski definition) is 1. The first kappa shape index (κ1) is 16.0. The summed E-state index contributed by atoms with van der Waals surface area (Å²) in [5.41, 5.74) is 0. The summed E-state index contributed by atoms with van der Waals surface area (Å²) in [7, 11) is 0. The van der Waals surface area contributed by atoms with Crippen LogP contribution in [0, 0.1) is 0 Å². The predicted molar refractivity (Wildman–Crippen MR) is 89.5 cm³/mol. The van der Waals surface area contributed by atoms with Gasteiger partial charge in [0.25, 0.3) is 0 Å². The Morgan fingerprint density at radius 2 is 2.20 bits per heavy atom. The minimum absolute atomic E-state index is 0.572. The Labute approximate surface area is 128 Å². The zero-order valence-corrected chi connectivity index (χ0v) is 13.9. The molecule has 1 aromatic rings. The highest BCUT2D eigenvalue weighted by molar-refractivity contribution is 7.10. The second-order valence-electron chi connectivity index (χ2n) is 5.99.